The smallest absolute Gasteiger partial charge is 0.340 e. The minimum Gasteiger partial charge on any atom is -0.491 e. The predicted octanol–water partition coefficient (Wildman–Crippen LogP) is 3.57. The van der Waals surface area contributed by atoms with Crippen LogP contribution in [0.25, 0.3) is 10.9 Å². The summed E-state index contributed by atoms with van der Waals surface area (Å²) in [5.74, 6) is 0.971. The van der Waals surface area contributed by atoms with Crippen molar-refractivity contribution in [2.24, 2.45) is 13.0 Å². The summed E-state index contributed by atoms with van der Waals surface area (Å²) < 4.78 is 13.0. The molecule has 0 aliphatic heterocycles. The Kier molecular flexibility index (Phi) is 7.19. The van der Waals surface area contributed by atoms with E-state index in [2.05, 4.69) is 12.2 Å². The van der Waals surface area contributed by atoms with Gasteiger partial charge in [0.15, 0.2) is 0 Å². The van der Waals surface area contributed by atoms with Gasteiger partial charge in [-0.25, -0.2) is 4.79 Å². The van der Waals surface area contributed by atoms with Crippen molar-refractivity contribution >= 4 is 16.9 Å². The number of aliphatic hydroxyl groups is 1. The molecule has 1 aromatic heterocycles. The highest BCUT2D eigenvalue weighted by Crippen LogP contribution is 2.29. The Hall–Kier alpha value is -2.05. The first kappa shape index (κ1) is 21.7. The molecule has 160 valence electrons. The molecule has 2 aromatic rings. The summed E-state index contributed by atoms with van der Waals surface area (Å²) in [7, 11) is 1.93. The first-order chi connectivity index (χ1) is 13.9. The lowest BCUT2D eigenvalue weighted by Crippen LogP contribution is -2.42. The fourth-order valence-corrected chi connectivity index (χ4v) is 4.26. The Morgan fingerprint density at radius 2 is 2.10 bits per heavy atom. The molecule has 29 heavy (non-hydrogen) atoms. The zero-order chi connectivity index (χ0) is 21.0. The van der Waals surface area contributed by atoms with Gasteiger partial charge in [0.25, 0.3) is 0 Å². The SMILES string of the molecule is CCOC(=O)c1c(C)n(C)c2ccc(OC[C@H](O)CN[C@@H]3CCCC[C@H]3C)cc12. The zero-order valence-corrected chi connectivity index (χ0v) is 18.0. The molecule has 3 rings (SSSR count). The van der Waals surface area contributed by atoms with Crippen LogP contribution < -0.4 is 10.1 Å². The molecule has 6 heteroatoms. The van der Waals surface area contributed by atoms with E-state index in [4.69, 9.17) is 9.47 Å². The number of esters is 1. The maximum atomic E-state index is 12.4. The van der Waals surface area contributed by atoms with E-state index in [1.807, 2.05) is 36.7 Å². The van der Waals surface area contributed by atoms with Crippen molar-refractivity contribution in [3.05, 3.63) is 29.5 Å². The summed E-state index contributed by atoms with van der Waals surface area (Å²) in [4.78, 5) is 12.4. The number of carbonyl (C=O) groups excluding carboxylic acids is 1. The van der Waals surface area contributed by atoms with Gasteiger partial charge in [-0.2, -0.15) is 0 Å². The van der Waals surface area contributed by atoms with E-state index in [1.165, 1.54) is 25.7 Å². The minimum atomic E-state index is -0.582. The normalized spacial score (nSPS) is 20.6. The Balaban J connectivity index is 1.64. The van der Waals surface area contributed by atoms with Crippen molar-refractivity contribution in [3.63, 3.8) is 0 Å². The number of aryl methyl sites for hydroxylation is 1. The van der Waals surface area contributed by atoms with Gasteiger partial charge in [-0.05, 0) is 50.8 Å². The molecule has 6 nitrogen and oxygen atoms in total. The zero-order valence-electron chi connectivity index (χ0n) is 18.0. The average Bonchev–Trinajstić information content (AvgIpc) is 2.96. The van der Waals surface area contributed by atoms with Gasteiger partial charge >= 0.3 is 5.97 Å². The molecule has 1 saturated carbocycles. The van der Waals surface area contributed by atoms with E-state index in [0.717, 1.165) is 16.6 Å². The Morgan fingerprint density at radius 3 is 2.83 bits per heavy atom. The standard InChI is InChI=1S/C23H34N2O4/c1-5-28-23(27)22-16(3)25(4)21-11-10-18(12-19(21)22)29-14-17(26)13-24-20-9-7-6-8-15(20)2/h10-12,15,17,20,24,26H,5-9,13-14H2,1-4H3/t15-,17-,20-/m1/s1. The van der Waals surface area contributed by atoms with Gasteiger partial charge in [0.2, 0.25) is 0 Å². The van der Waals surface area contributed by atoms with Crippen LogP contribution in [0.3, 0.4) is 0 Å². The van der Waals surface area contributed by atoms with Gasteiger partial charge in [-0.3, -0.25) is 0 Å². The van der Waals surface area contributed by atoms with Gasteiger partial charge in [0.1, 0.15) is 18.5 Å². The van der Waals surface area contributed by atoms with Gasteiger partial charge in [-0.15, -0.1) is 0 Å². The molecule has 0 bridgehead atoms. The second kappa shape index (κ2) is 9.63. The van der Waals surface area contributed by atoms with E-state index in [0.29, 0.717) is 36.4 Å². The average molecular weight is 403 g/mol. The van der Waals surface area contributed by atoms with Gasteiger partial charge in [0, 0.05) is 36.2 Å². The maximum Gasteiger partial charge on any atom is 0.340 e. The fourth-order valence-electron chi connectivity index (χ4n) is 4.26. The number of aromatic nitrogens is 1. The van der Waals surface area contributed by atoms with Crippen molar-refractivity contribution in [1.29, 1.82) is 0 Å². The lowest BCUT2D eigenvalue weighted by Gasteiger charge is -2.30. The summed E-state index contributed by atoms with van der Waals surface area (Å²) in [5, 5.41) is 14.6. The van der Waals surface area contributed by atoms with Gasteiger partial charge in [0.05, 0.1) is 12.2 Å². The van der Waals surface area contributed by atoms with E-state index in [-0.39, 0.29) is 12.6 Å². The summed E-state index contributed by atoms with van der Waals surface area (Å²) in [6.45, 7) is 7.06. The molecule has 1 heterocycles. The number of nitrogens with one attached hydrogen (secondary N) is 1. The second-order valence-electron chi connectivity index (χ2n) is 8.16. The van der Waals surface area contributed by atoms with Gasteiger partial charge in [-0.1, -0.05) is 19.8 Å². The molecule has 0 radical (unpaired) electrons. The summed E-state index contributed by atoms with van der Waals surface area (Å²) >= 11 is 0. The molecular formula is C23H34N2O4. The monoisotopic (exact) mass is 402 g/mol. The third-order valence-corrected chi connectivity index (χ3v) is 6.11. The van der Waals surface area contributed by atoms with Crippen LogP contribution in [0.15, 0.2) is 18.2 Å². The quantitative estimate of drug-likeness (QED) is 0.661. The predicted molar refractivity (Wildman–Crippen MR) is 115 cm³/mol. The number of hydrogen-bond acceptors (Lipinski definition) is 5. The van der Waals surface area contributed by atoms with Crippen molar-refractivity contribution in [1.82, 2.24) is 9.88 Å². The van der Waals surface area contributed by atoms with E-state index < -0.39 is 6.10 Å². The first-order valence-electron chi connectivity index (χ1n) is 10.7. The van der Waals surface area contributed by atoms with Crippen molar-refractivity contribution in [2.75, 3.05) is 19.8 Å². The van der Waals surface area contributed by atoms with Crippen LogP contribution >= 0.6 is 0 Å². The summed E-state index contributed by atoms with van der Waals surface area (Å²) in [6, 6.07) is 6.15. The Morgan fingerprint density at radius 1 is 1.34 bits per heavy atom. The maximum absolute atomic E-state index is 12.4. The third-order valence-electron chi connectivity index (χ3n) is 6.11. The topological polar surface area (TPSA) is 72.7 Å². The van der Waals surface area contributed by atoms with E-state index in [9.17, 15) is 9.90 Å². The van der Waals surface area contributed by atoms with Crippen LogP contribution in [0, 0.1) is 12.8 Å². The number of carbonyl (C=O) groups is 1. The molecule has 0 spiro atoms. The van der Waals surface area contributed by atoms with E-state index >= 15 is 0 Å². The Bertz CT molecular complexity index is 845. The van der Waals surface area contributed by atoms with Crippen LogP contribution in [0.4, 0.5) is 0 Å². The molecule has 0 amide bonds. The van der Waals surface area contributed by atoms with Crippen LogP contribution in [0.1, 0.15) is 55.6 Å². The number of hydrogen-bond donors (Lipinski definition) is 2. The number of ether oxygens (including phenoxy) is 2. The molecule has 1 aliphatic rings. The first-order valence-corrected chi connectivity index (χ1v) is 10.7. The highest BCUT2D eigenvalue weighted by molar-refractivity contribution is 6.06. The molecule has 0 unspecified atom stereocenters. The molecule has 1 aromatic carbocycles. The molecule has 3 atom stereocenters. The lowest BCUT2D eigenvalue weighted by molar-refractivity contribution is 0.0527. The summed E-state index contributed by atoms with van der Waals surface area (Å²) in [5.41, 5.74) is 2.39. The number of aliphatic hydroxyl groups excluding tert-OH is 1. The van der Waals surface area contributed by atoms with Crippen molar-refractivity contribution in [2.45, 2.75) is 58.6 Å². The highest BCUT2D eigenvalue weighted by Gasteiger charge is 2.22. The number of rotatable bonds is 8. The fraction of sp³-hybridized carbons (Fsp3) is 0.609. The minimum absolute atomic E-state index is 0.208. The van der Waals surface area contributed by atoms with Crippen molar-refractivity contribution < 1.29 is 19.4 Å². The number of nitrogens with zero attached hydrogens (tertiary/aromatic N) is 1. The largest absolute Gasteiger partial charge is 0.491 e. The van der Waals surface area contributed by atoms with E-state index in [1.54, 1.807) is 6.92 Å². The van der Waals surface area contributed by atoms with Crippen LogP contribution in [-0.2, 0) is 11.8 Å². The molecular weight excluding hydrogens is 368 g/mol. The highest BCUT2D eigenvalue weighted by atomic mass is 16.5. The molecule has 2 N–H and O–H groups in total. The molecule has 1 aliphatic carbocycles. The lowest BCUT2D eigenvalue weighted by atomic mass is 9.86. The second-order valence-corrected chi connectivity index (χ2v) is 8.16. The molecule has 1 fully saturated rings. The van der Waals surface area contributed by atoms with Crippen molar-refractivity contribution in [3.8, 4) is 5.75 Å². The van der Waals surface area contributed by atoms with Crippen LogP contribution in [-0.4, -0.2) is 47.5 Å². The third kappa shape index (κ3) is 4.93. The number of fused-ring (bicyclic) bond motifs is 1. The number of benzene rings is 1. The van der Waals surface area contributed by atoms with Gasteiger partial charge < -0.3 is 24.5 Å². The summed E-state index contributed by atoms with van der Waals surface area (Å²) in [6.07, 6.45) is 4.41. The van der Waals surface area contributed by atoms with Crippen LogP contribution in [0.5, 0.6) is 5.75 Å². The van der Waals surface area contributed by atoms with Crippen LogP contribution in [0.2, 0.25) is 0 Å². The molecule has 0 saturated heterocycles. The Labute approximate surface area is 173 Å².